The highest BCUT2D eigenvalue weighted by Gasteiger charge is 2.23. The Labute approximate surface area is 90.5 Å². The summed E-state index contributed by atoms with van der Waals surface area (Å²) in [7, 11) is 0. The first-order chi connectivity index (χ1) is 7.09. The van der Waals surface area contributed by atoms with Crippen molar-refractivity contribution in [3.63, 3.8) is 0 Å². The van der Waals surface area contributed by atoms with Crippen LogP contribution in [-0.2, 0) is 4.79 Å². The lowest BCUT2D eigenvalue weighted by Crippen LogP contribution is -2.35. The van der Waals surface area contributed by atoms with Crippen molar-refractivity contribution in [2.24, 2.45) is 11.7 Å². The van der Waals surface area contributed by atoms with Crippen molar-refractivity contribution >= 4 is 5.97 Å². The molecular weight excluding hydrogens is 194 g/mol. The van der Waals surface area contributed by atoms with E-state index in [-0.39, 0.29) is 12.5 Å². The Morgan fingerprint density at radius 2 is 1.93 bits per heavy atom. The van der Waals surface area contributed by atoms with E-state index in [0.717, 1.165) is 12.8 Å². The van der Waals surface area contributed by atoms with E-state index < -0.39 is 12.1 Å². The number of nitrogens with two attached hydrogens (primary N) is 1. The Balaban J connectivity index is 2.26. The molecular formula is C11H21NO3. The number of carboxylic acid groups (broad SMARTS) is 1. The van der Waals surface area contributed by atoms with Crippen LogP contribution in [0.4, 0.5) is 0 Å². The topological polar surface area (TPSA) is 83.5 Å². The van der Waals surface area contributed by atoms with Crippen molar-refractivity contribution < 1.29 is 15.0 Å². The fourth-order valence-electron chi connectivity index (χ4n) is 2.35. The maximum Gasteiger partial charge on any atom is 0.305 e. The lowest BCUT2D eigenvalue weighted by Gasteiger charge is -2.28. The first-order valence-electron chi connectivity index (χ1n) is 5.75. The summed E-state index contributed by atoms with van der Waals surface area (Å²) in [6, 6.07) is -0.0420. The predicted molar refractivity (Wildman–Crippen MR) is 57.4 cm³/mol. The third-order valence-electron chi connectivity index (χ3n) is 3.21. The highest BCUT2D eigenvalue weighted by molar-refractivity contribution is 5.67. The molecule has 0 saturated heterocycles. The molecule has 0 aromatic rings. The average molecular weight is 215 g/mol. The highest BCUT2D eigenvalue weighted by atomic mass is 16.4. The van der Waals surface area contributed by atoms with Crippen molar-refractivity contribution in [3.8, 4) is 0 Å². The van der Waals surface area contributed by atoms with Crippen molar-refractivity contribution in [2.75, 3.05) is 0 Å². The van der Waals surface area contributed by atoms with E-state index in [0.29, 0.717) is 12.3 Å². The number of aliphatic hydroxyl groups is 1. The molecule has 0 heterocycles. The summed E-state index contributed by atoms with van der Waals surface area (Å²) in [6.07, 6.45) is 5.39. The molecule has 1 aliphatic carbocycles. The van der Waals surface area contributed by atoms with E-state index in [1.165, 1.54) is 19.3 Å². The highest BCUT2D eigenvalue weighted by Crippen LogP contribution is 2.27. The van der Waals surface area contributed by atoms with Crippen LogP contribution in [0.15, 0.2) is 0 Å². The summed E-state index contributed by atoms with van der Waals surface area (Å²) in [5.74, 6) is -0.486. The van der Waals surface area contributed by atoms with Crippen molar-refractivity contribution in [1.29, 1.82) is 0 Å². The molecule has 1 fully saturated rings. The number of hydrogen-bond acceptors (Lipinski definition) is 3. The molecule has 1 aliphatic rings. The lowest BCUT2D eigenvalue weighted by atomic mass is 9.82. The van der Waals surface area contributed by atoms with Crippen LogP contribution in [0.2, 0.25) is 0 Å². The molecule has 0 bridgehead atoms. The predicted octanol–water partition coefficient (Wildman–Crippen LogP) is 1.12. The van der Waals surface area contributed by atoms with Crippen LogP contribution in [0.3, 0.4) is 0 Å². The number of aliphatic hydroxyl groups excluding tert-OH is 1. The summed E-state index contributed by atoms with van der Waals surface area (Å²) in [5, 5.41) is 18.0. The maximum atomic E-state index is 10.4. The van der Waals surface area contributed by atoms with Crippen LogP contribution < -0.4 is 5.73 Å². The van der Waals surface area contributed by atoms with Gasteiger partial charge in [-0.3, -0.25) is 4.79 Å². The van der Waals surface area contributed by atoms with Crippen LogP contribution in [0.5, 0.6) is 0 Å². The van der Waals surface area contributed by atoms with Crippen molar-refractivity contribution in [3.05, 3.63) is 0 Å². The number of hydrogen-bond donors (Lipinski definition) is 3. The third kappa shape index (κ3) is 4.62. The largest absolute Gasteiger partial charge is 0.481 e. The number of carbonyl (C=O) groups is 1. The zero-order valence-electron chi connectivity index (χ0n) is 9.06. The molecule has 4 heteroatoms. The van der Waals surface area contributed by atoms with Crippen LogP contribution in [0, 0.1) is 5.92 Å². The molecule has 0 aromatic heterocycles. The quantitative estimate of drug-likeness (QED) is 0.641. The van der Waals surface area contributed by atoms with Gasteiger partial charge in [0.25, 0.3) is 0 Å². The fraction of sp³-hybridized carbons (Fsp3) is 0.909. The monoisotopic (exact) mass is 215 g/mol. The van der Waals surface area contributed by atoms with Crippen LogP contribution in [-0.4, -0.2) is 28.3 Å². The third-order valence-corrected chi connectivity index (χ3v) is 3.21. The molecule has 15 heavy (non-hydrogen) atoms. The molecule has 1 rings (SSSR count). The minimum Gasteiger partial charge on any atom is -0.481 e. The van der Waals surface area contributed by atoms with E-state index in [9.17, 15) is 9.90 Å². The summed E-state index contributed by atoms with van der Waals surface area (Å²) in [6.45, 7) is 0. The number of carboxylic acids is 1. The Morgan fingerprint density at radius 1 is 1.33 bits per heavy atom. The van der Waals surface area contributed by atoms with Gasteiger partial charge in [0.1, 0.15) is 0 Å². The minimum absolute atomic E-state index is 0.0420. The van der Waals surface area contributed by atoms with Gasteiger partial charge in [-0.25, -0.2) is 0 Å². The second-order valence-corrected chi connectivity index (χ2v) is 4.55. The van der Waals surface area contributed by atoms with Gasteiger partial charge in [-0.05, 0) is 25.2 Å². The first kappa shape index (κ1) is 12.5. The van der Waals surface area contributed by atoms with E-state index in [2.05, 4.69) is 0 Å². The van der Waals surface area contributed by atoms with E-state index >= 15 is 0 Å². The summed E-state index contributed by atoms with van der Waals surface area (Å²) in [5.41, 5.74) is 5.97. The number of aliphatic carboxylic acids is 1. The van der Waals surface area contributed by atoms with Crippen LogP contribution in [0.1, 0.15) is 44.9 Å². The smallest absolute Gasteiger partial charge is 0.305 e. The average Bonchev–Trinajstić information content (AvgIpc) is 2.17. The standard InChI is InChI=1S/C11H21NO3/c12-10(6-9(13)7-11(14)15)8-4-2-1-3-5-8/h8-10,13H,1-7,12H2,(H,14,15). The van der Waals surface area contributed by atoms with Gasteiger partial charge >= 0.3 is 5.97 Å². The second kappa shape index (κ2) is 6.08. The first-order valence-corrected chi connectivity index (χ1v) is 5.75. The van der Waals surface area contributed by atoms with Gasteiger partial charge in [-0.15, -0.1) is 0 Å². The molecule has 2 atom stereocenters. The Morgan fingerprint density at radius 3 is 2.47 bits per heavy atom. The fourth-order valence-corrected chi connectivity index (χ4v) is 2.35. The van der Waals surface area contributed by atoms with Gasteiger partial charge in [0.2, 0.25) is 0 Å². The molecule has 4 N–H and O–H groups in total. The van der Waals surface area contributed by atoms with Gasteiger partial charge in [0.05, 0.1) is 12.5 Å². The molecule has 0 aromatic carbocycles. The lowest BCUT2D eigenvalue weighted by molar-refractivity contribution is -0.139. The summed E-state index contributed by atoms with van der Waals surface area (Å²) < 4.78 is 0. The molecule has 0 radical (unpaired) electrons. The van der Waals surface area contributed by atoms with Gasteiger partial charge in [0.15, 0.2) is 0 Å². The SMILES string of the molecule is NC(CC(O)CC(=O)O)C1CCCCC1. The van der Waals surface area contributed by atoms with Crippen molar-refractivity contribution in [2.45, 2.75) is 57.1 Å². The maximum absolute atomic E-state index is 10.4. The number of rotatable bonds is 5. The van der Waals surface area contributed by atoms with Gasteiger partial charge in [-0.1, -0.05) is 19.3 Å². The Hall–Kier alpha value is -0.610. The molecule has 0 aliphatic heterocycles. The van der Waals surface area contributed by atoms with Crippen LogP contribution in [0.25, 0.3) is 0 Å². The Bertz CT molecular complexity index is 202. The minimum atomic E-state index is -0.960. The van der Waals surface area contributed by atoms with Crippen molar-refractivity contribution in [1.82, 2.24) is 0 Å². The zero-order chi connectivity index (χ0) is 11.3. The van der Waals surface area contributed by atoms with Crippen LogP contribution >= 0.6 is 0 Å². The Kier molecular flexibility index (Phi) is 5.05. The second-order valence-electron chi connectivity index (χ2n) is 4.55. The zero-order valence-corrected chi connectivity index (χ0v) is 9.06. The molecule has 0 spiro atoms. The van der Waals surface area contributed by atoms with E-state index in [1.54, 1.807) is 0 Å². The molecule has 2 unspecified atom stereocenters. The van der Waals surface area contributed by atoms with E-state index in [4.69, 9.17) is 10.8 Å². The molecule has 0 amide bonds. The van der Waals surface area contributed by atoms with Gasteiger partial charge < -0.3 is 15.9 Å². The summed E-state index contributed by atoms with van der Waals surface area (Å²) in [4.78, 5) is 10.4. The van der Waals surface area contributed by atoms with E-state index in [1.807, 2.05) is 0 Å². The molecule has 88 valence electrons. The molecule has 4 nitrogen and oxygen atoms in total. The normalized spacial score (nSPS) is 22.3. The van der Waals surface area contributed by atoms with Gasteiger partial charge in [0, 0.05) is 6.04 Å². The summed E-state index contributed by atoms with van der Waals surface area (Å²) >= 11 is 0. The molecule has 1 saturated carbocycles. The van der Waals surface area contributed by atoms with Gasteiger partial charge in [-0.2, -0.15) is 0 Å².